The lowest BCUT2D eigenvalue weighted by atomic mass is 9.85. The molecule has 0 bridgehead atoms. The molecule has 3 heteroatoms. The summed E-state index contributed by atoms with van der Waals surface area (Å²) >= 11 is 0. The van der Waals surface area contributed by atoms with Gasteiger partial charge < -0.3 is 15.4 Å². The fourth-order valence-electron chi connectivity index (χ4n) is 4.11. The van der Waals surface area contributed by atoms with Crippen LogP contribution in [-0.2, 0) is 4.74 Å². The minimum absolute atomic E-state index is 0.585. The molecule has 0 aromatic heterocycles. The Labute approximate surface area is 117 Å². The zero-order chi connectivity index (χ0) is 13.1. The highest BCUT2D eigenvalue weighted by Gasteiger charge is 2.42. The molecule has 3 unspecified atom stereocenters. The molecule has 0 radical (unpaired) electrons. The van der Waals surface area contributed by atoms with Gasteiger partial charge in [0, 0.05) is 38.9 Å². The monoisotopic (exact) mass is 266 g/mol. The number of rotatable bonds is 7. The highest BCUT2D eigenvalue weighted by atomic mass is 16.5. The van der Waals surface area contributed by atoms with Crippen LogP contribution in [0.1, 0.15) is 51.4 Å². The second-order valence-electron chi connectivity index (χ2n) is 7.12. The van der Waals surface area contributed by atoms with Gasteiger partial charge in [0.05, 0.1) is 0 Å². The van der Waals surface area contributed by atoms with Crippen LogP contribution in [0, 0.1) is 11.3 Å². The van der Waals surface area contributed by atoms with Crippen LogP contribution in [0.2, 0.25) is 0 Å². The molecule has 19 heavy (non-hydrogen) atoms. The predicted molar refractivity (Wildman–Crippen MR) is 78.3 cm³/mol. The van der Waals surface area contributed by atoms with Crippen LogP contribution in [0.15, 0.2) is 0 Å². The predicted octanol–water partition coefficient (Wildman–Crippen LogP) is 2.31. The minimum Gasteiger partial charge on any atom is -0.385 e. The average Bonchev–Trinajstić information content (AvgIpc) is 3.07. The van der Waals surface area contributed by atoms with Gasteiger partial charge in [-0.25, -0.2) is 0 Å². The van der Waals surface area contributed by atoms with Crippen molar-refractivity contribution in [1.82, 2.24) is 10.6 Å². The minimum atomic E-state index is 0.585. The average molecular weight is 266 g/mol. The zero-order valence-corrected chi connectivity index (χ0v) is 12.4. The van der Waals surface area contributed by atoms with Crippen LogP contribution < -0.4 is 10.6 Å². The van der Waals surface area contributed by atoms with Gasteiger partial charge in [0.1, 0.15) is 0 Å². The molecule has 0 spiro atoms. The molecule has 0 amide bonds. The van der Waals surface area contributed by atoms with Gasteiger partial charge in [0.25, 0.3) is 0 Å². The van der Waals surface area contributed by atoms with Crippen molar-refractivity contribution in [2.75, 3.05) is 26.8 Å². The van der Waals surface area contributed by atoms with Crippen molar-refractivity contribution in [3.8, 4) is 0 Å². The fourth-order valence-corrected chi connectivity index (χ4v) is 4.11. The zero-order valence-electron chi connectivity index (χ0n) is 12.4. The number of methoxy groups -OCH3 is 1. The van der Waals surface area contributed by atoms with Gasteiger partial charge in [0.2, 0.25) is 0 Å². The first kappa shape index (κ1) is 13.8. The first-order valence-electron chi connectivity index (χ1n) is 8.27. The van der Waals surface area contributed by atoms with E-state index in [1.54, 1.807) is 0 Å². The van der Waals surface area contributed by atoms with Gasteiger partial charge in [-0.15, -0.1) is 0 Å². The number of hydrogen-bond donors (Lipinski definition) is 2. The van der Waals surface area contributed by atoms with Gasteiger partial charge in [-0.2, -0.15) is 0 Å². The van der Waals surface area contributed by atoms with Crippen molar-refractivity contribution in [3.05, 3.63) is 0 Å². The van der Waals surface area contributed by atoms with E-state index >= 15 is 0 Å². The Hall–Kier alpha value is -0.120. The van der Waals surface area contributed by atoms with Crippen LogP contribution >= 0.6 is 0 Å². The Kier molecular flexibility index (Phi) is 4.45. The SMILES string of the molecule is COCCC1(CNCC2CC3CCCCC3N2)CC1. The summed E-state index contributed by atoms with van der Waals surface area (Å²) in [6.07, 6.45) is 11.2. The highest BCUT2D eigenvalue weighted by Crippen LogP contribution is 2.48. The molecule has 3 fully saturated rings. The first-order chi connectivity index (χ1) is 9.31. The van der Waals surface area contributed by atoms with E-state index in [4.69, 9.17) is 4.74 Å². The van der Waals surface area contributed by atoms with Crippen molar-refractivity contribution < 1.29 is 4.74 Å². The largest absolute Gasteiger partial charge is 0.385 e. The van der Waals surface area contributed by atoms with Gasteiger partial charge in [-0.05, 0) is 49.9 Å². The van der Waals surface area contributed by atoms with Crippen LogP contribution in [0.3, 0.4) is 0 Å². The molecule has 1 heterocycles. The Balaban J connectivity index is 1.34. The summed E-state index contributed by atoms with van der Waals surface area (Å²) in [7, 11) is 1.81. The van der Waals surface area contributed by atoms with E-state index in [1.807, 2.05) is 7.11 Å². The topological polar surface area (TPSA) is 33.3 Å². The van der Waals surface area contributed by atoms with Gasteiger partial charge >= 0.3 is 0 Å². The molecule has 1 aliphatic heterocycles. The third-order valence-electron chi connectivity index (χ3n) is 5.63. The first-order valence-corrected chi connectivity index (χ1v) is 8.27. The summed E-state index contributed by atoms with van der Waals surface area (Å²) in [5, 5.41) is 7.59. The van der Waals surface area contributed by atoms with E-state index in [0.717, 1.165) is 24.6 Å². The summed E-state index contributed by atoms with van der Waals surface area (Å²) in [6.45, 7) is 3.29. The fraction of sp³-hybridized carbons (Fsp3) is 1.00. The molecule has 3 aliphatic rings. The summed E-state index contributed by atoms with van der Waals surface area (Å²) in [5.41, 5.74) is 0.585. The van der Waals surface area contributed by atoms with E-state index in [9.17, 15) is 0 Å². The Morgan fingerprint density at radius 2 is 2.11 bits per heavy atom. The van der Waals surface area contributed by atoms with E-state index in [0.29, 0.717) is 5.41 Å². The van der Waals surface area contributed by atoms with Crippen LogP contribution in [0.5, 0.6) is 0 Å². The van der Waals surface area contributed by atoms with Gasteiger partial charge in [-0.3, -0.25) is 0 Å². The maximum Gasteiger partial charge on any atom is 0.0468 e. The number of hydrogen-bond acceptors (Lipinski definition) is 3. The molecule has 0 aromatic rings. The smallest absolute Gasteiger partial charge is 0.0468 e. The normalized spacial score (nSPS) is 36.2. The van der Waals surface area contributed by atoms with E-state index in [-0.39, 0.29) is 0 Å². The molecule has 3 atom stereocenters. The van der Waals surface area contributed by atoms with Crippen molar-refractivity contribution in [1.29, 1.82) is 0 Å². The Morgan fingerprint density at radius 1 is 1.26 bits per heavy atom. The van der Waals surface area contributed by atoms with Crippen LogP contribution in [-0.4, -0.2) is 38.9 Å². The highest BCUT2D eigenvalue weighted by molar-refractivity contribution is 4.97. The number of nitrogens with one attached hydrogen (secondary N) is 2. The molecule has 110 valence electrons. The molecule has 2 aliphatic carbocycles. The van der Waals surface area contributed by atoms with E-state index in [2.05, 4.69) is 10.6 Å². The number of fused-ring (bicyclic) bond motifs is 1. The van der Waals surface area contributed by atoms with Crippen molar-refractivity contribution >= 4 is 0 Å². The van der Waals surface area contributed by atoms with Crippen molar-refractivity contribution in [3.63, 3.8) is 0 Å². The molecule has 0 aromatic carbocycles. The van der Waals surface area contributed by atoms with Gasteiger partial charge in [0.15, 0.2) is 0 Å². The summed E-state index contributed by atoms with van der Waals surface area (Å²) in [5.74, 6) is 0.976. The van der Waals surface area contributed by atoms with E-state index in [1.165, 1.54) is 64.5 Å². The number of ether oxygens (including phenoxy) is 1. The lowest BCUT2D eigenvalue weighted by Crippen LogP contribution is -2.40. The third-order valence-corrected chi connectivity index (χ3v) is 5.63. The standard InChI is InChI=1S/C16H30N2O/c1-19-9-8-16(6-7-16)12-17-11-14-10-13-4-2-3-5-15(13)18-14/h13-15,17-18H,2-12H2,1H3. The summed E-state index contributed by atoms with van der Waals surface area (Å²) in [4.78, 5) is 0. The molecular formula is C16H30N2O. The van der Waals surface area contributed by atoms with Crippen molar-refractivity contribution in [2.24, 2.45) is 11.3 Å². The summed E-state index contributed by atoms with van der Waals surface area (Å²) in [6, 6.07) is 1.57. The van der Waals surface area contributed by atoms with E-state index < -0.39 is 0 Å². The van der Waals surface area contributed by atoms with Crippen molar-refractivity contribution in [2.45, 2.75) is 63.5 Å². The lowest BCUT2D eigenvalue weighted by molar-refractivity contribution is 0.171. The Bertz CT molecular complexity index is 276. The quantitative estimate of drug-likeness (QED) is 0.742. The molecule has 3 rings (SSSR count). The summed E-state index contributed by atoms with van der Waals surface area (Å²) < 4.78 is 5.22. The second kappa shape index (κ2) is 6.11. The maximum absolute atomic E-state index is 5.22. The lowest BCUT2D eigenvalue weighted by Gasteiger charge is -2.24. The van der Waals surface area contributed by atoms with Gasteiger partial charge in [-0.1, -0.05) is 12.8 Å². The third kappa shape index (κ3) is 3.50. The molecule has 1 saturated heterocycles. The Morgan fingerprint density at radius 3 is 2.84 bits per heavy atom. The van der Waals surface area contributed by atoms with Crippen LogP contribution in [0.4, 0.5) is 0 Å². The molecule has 3 nitrogen and oxygen atoms in total. The molecule has 2 N–H and O–H groups in total. The van der Waals surface area contributed by atoms with Crippen LogP contribution in [0.25, 0.3) is 0 Å². The second-order valence-corrected chi connectivity index (χ2v) is 7.12. The molecule has 2 saturated carbocycles. The maximum atomic E-state index is 5.22. The molecular weight excluding hydrogens is 236 g/mol.